The van der Waals surface area contributed by atoms with Gasteiger partial charge in [0.2, 0.25) is 0 Å². The molecule has 88 valence electrons. The van der Waals surface area contributed by atoms with E-state index >= 15 is 0 Å². The van der Waals surface area contributed by atoms with Crippen molar-refractivity contribution < 1.29 is 9.47 Å². The first-order chi connectivity index (χ1) is 7.29. The largest absolute Gasteiger partial charge is 0.381 e. The van der Waals surface area contributed by atoms with Crippen molar-refractivity contribution in [3.8, 4) is 0 Å². The van der Waals surface area contributed by atoms with Gasteiger partial charge in [0.15, 0.2) is 0 Å². The van der Waals surface area contributed by atoms with Gasteiger partial charge in [-0.25, -0.2) is 0 Å². The van der Waals surface area contributed by atoms with Crippen molar-refractivity contribution in [1.29, 1.82) is 0 Å². The zero-order valence-electron chi connectivity index (χ0n) is 9.34. The Kier molecular flexibility index (Phi) is 3.97. The zero-order chi connectivity index (χ0) is 10.6. The summed E-state index contributed by atoms with van der Waals surface area (Å²) in [4.78, 5) is 0. The molecule has 2 aliphatic rings. The molecule has 0 aromatic heterocycles. The van der Waals surface area contributed by atoms with Gasteiger partial charge in [-0.2, -0.15) is 0 Å². The highest BCUT2D eigenvalue weighted by atomic mass is 16.5. The van der Waals surface area contributed by atoms with E-state index in [1.54, 1.807) is 0 Å². The summed E-state index contributed by atoms with van der Waals surface area (Å²) in [5.74, 6) is 0.688. The topological polar surface area (TPSA) is 56.5 Å². The molecule has 15 heavy (non-hydrogen) atoms. The summed E-state index contributed by atoms with van der Waals surface area (Å²) in [6.07, 6.45) is 3.13. The monoisotopic (exact) mass is 214 g/mol. The molecule has 2 aliphatic heterocycles. The minimum atomic E-state index is -0.0439. The van der Waals surface area contributed by atoms with Crippen molar-refractivity contribution in [2.75, 3.05) is 39.5 Å². The van der Waals surface area contributed by atoms with Gasteiger partial charge in [0, 0.05) is 38.4 Å². The Bertz CT molecular complexity index is 187. The van der Waals surface area contributed by atoms with Crippen LogP contribution in [0.5, 0.6) is 0 Å². The van der Waals surface area contributed by atoms with Crippen molar-refractivity contribution in [2.45, 2.75) is 24.8 Å². The molecule has 0 amide bonds. The molecule has 3 N–H and O–H groups in total. The molecule has 2 saturated heterocycles. The second-order valence-electron chi connectivity index (χ2n) is 4.84. The van der Waals surface area contributed by atoms with Crippen LogP contribution in [0.1, 0.15) is 19.3 Å². The number of nitrogens with two attached hydrogens (primary N) is 1. The maximum Gasteiger partial charge on any atom is 0.0507 e. The molecule has 0 saturated carbocycles. The van der Waals surface area contributed by atoms with E-state index in [0.717, 1.165) is 52.4 Å². The van der Waals surface area contributed by atoms with Crippen molar-refractivity contribution in [1.82, 2.24) is 5.32 Å². The van der Waals surface area contributed by atoms with Crippen molar-refractivity contribution in [2.24, 2.45) is 11.7 Å². The highest BCUT2D eigenvalue weighted by Gasteiger charge is 2.27. The standard InChI is InChI=1S/C11H22N2O2/c12-11(2-5-14-6-3-11)9-13-7-10-1-4-15-8-10/h10,13H,1-9,12H2. The van der Waals surface area contributed by atoms with E-state index in [9.17, 15) is 0 Å². The molecule has 0 aromatic rings. The van der Waals surface area contributed by atoms with Crippen molar-refractivity contribution in [3.05, 3.63) is 0 Å². The SMILES string of the molecule is NC1(CNCC2CCOC2)CCOCC1. The molecule has 2 heterocycles. The van der Waals surface area contributed by atoms with E-state index in [2.05, 4.69) is 5.32 Å². The van der Waals surface area contributed by atoms with Gasteiger partial charge in [0.25, 0.3) is 0 Å². The third kappa shape index (κ3) is 3.41. The molecule has 0 aromatic carbocycles. The number of ether oxygens (including phenoxy) is 2. The molecule has 1 unspecified atom stereocenters. The predicted molar refractivity (Wildman–Crippen MR) is 58.8 cm³/mol. The molecule has 2 fully saturated rings. The molecule has 0 radical (unpaired) electrons. The summed E-state index contributed by atoms with van der Waals surface area (Å²) in [7, 11) is 0. The lowest BCUT2D eigenvalue weighted by Crippen LogP contribution is -2.53. The van der Waals surface area contributed by atoms with E-state index < -0.39 is 0 Å². The van der Waals surface area contributed by atoms with Gasteiger partial charge in [-0.15, -0.1) is 0 Å². The molecular formula is C11H22N2O2. The Morgan fingerprint density at radius 2 is 2.00 bits per heavy atom. The summed E-state index contributed by atoms with van der Waals surface area (Å²) < 4.78 is 10.7. The van der Waals surface area contributed by atoms with Crippen LogP contribution in [0.15, 0.2) is 0 Å². The van der Waals surface area contributed by atoms with Gasteiger partial charge in [-0.3, -0.25) is 0 Å². The van der Waals surface area contributed by atoms with Crippen LogP contribution >= 0.6 is 0 Å². The van der Waals surface area contributed by atoms with Crippen LogP contribution in [0.25, 0.3) is 0 Å². The Hall–Kier alpha value is -0.160. The van der Waals surface area contributed by atoms with Crippen LogP contribution in [0.3, 0.4) is 0 Å². The third-order valence-corrected chi connectivity index (χ3v) is 3.42. The average molecular weight is 214 g/mol. The van der Waals surface area contributed by atoms with Gasteiger partial charge < -0.3 is 20.5 Å². The molecule has 1 atom stereocenters. The van der Waals surface area contributed by atoms with Crippen LogP contribution in [0.2, 0.25) is 0 Å². The molecular weight excluding hydrogens is 192 g/mol. The fourth-order valence-electron chi connectivity index (χ4n) is 2.22. The molecule has 2 rings (SSSR count). The van der Waals surface area contributed by atoms with E-state index in [4.69, 9.17) is 15.2 Å². The fraction of sp³-hybridized carbons (Fsp3) is 1.00. The number of hydrogen-bond donors (Lipinski definition) is 2. The molecule has 4 nitrogen and oxygen atoms in total. The second kappa shape index (κ2) is 5.25. The zero-order valence-corrected chi connectivity index (χ0v) is 9.34. The fourth-order valence-corrected chi connectivity index (χ4v) is 2.22. The highest BCUT2D eigenvalue weighted by Crippen LogP contribution is 2.17. The lowest BCUT2D eigenvalue weighted by Gasteiger charge is -2.33. The van der Waals surface area contributed by atoms with E-state index in [0.29, 0.717) is 5.92 Å². The maximum atomic E-state index is 6.27. The first-order valence-electron chi connectivity index (χ1n) is 5.94. The predicted octanol–water partition coefficient (Wildman–Crippen LogP) is 0.120. The molecule has 0 aliphatic carbocycles. The quantitative estimate of drug-likeness (QED) is 0.698. The van der Waals surface area contributed by atoms with Crippen LogP contribution < -0.4 is 11.1 Å². The Morgan fingerprint density at radius 3 is 2.67 bits per heavy atom. The Labute approximate surface area is 91.5 Å². The minimum absolute atomic E-state index is 0.0439. The van der Waals surface area contributed by atoms with Gasteiger partial charge >= 0.3 is 0 Å². The van der Waals surface area contributed by atoms with E-state index in [1.807, 2.05) is 0 Å². The van der Waals surface area contributed by atoms with Crippen LogP contribution in [0, 0.1) is 5.92 Å². The van der Waals surface area contributed by atoms with Crippen LogP contribution in [-0.2, 0) is 9.47 Å². The van der Waals surface area contributed by atoms with Crippen LogP contribution in [-0.4, -0.2) is 45.1 Å². The average Bonchev–Trinajstić information content (AvgIpc) is 2.71. The normalized spacial score (nSPS) is 30.6. The summed E-state index contributed by atoms with van der Waals surface area (Å²) in [5, 5.41) is 3.48. The van der Waals surface area contributed by atoms with Gasteiger partial charge in [-0.1, -0.05) is 0 Å². The van der Waals surface area contributed by atoms with Gasteiger partial charge in [-0.05, 0) is 25.2 Å². The second-order valence-corrected chi connectivity index (χ2v) is 4.84. The van der Waals surface area contributed by atoms with Gasteiger partial charge in [0.05, 0.1) is 6.61 Å². The smallest absolute Gasteiger partial charge is 0.0507 e. The van der Waals surface area contributed by atoms with Crippen molar-refractivity contribution >= 4 is 0 Å². The Morgan fingerprint density at radius 1 is 1.20 bits per heavy atom. The summed E-state index contributed by atoms with van der Waals surface area (Å²) in [6.45, 7) is 5.41. The van der Waals surface area contributed by atoms with Crippen molar-refractivity contribution in [3.63, 3.8) is 0 Å². The van der Waals surface area contributed by atoms with E-state index in [-0.39, 0.29) is 5.54 Å². The van der Waals surface area contributed by atoms with E-state index in [1.165, 1.54) is 6.42 Å². The maximum absolute atomic E-state index is 6.27. The number of nitrogens with one attached hydrogen (secondary N) is 1. The number of rotatable bonds is 4. The molecule has 0 bridgehead atoms. The lowest BCUT2D eigenvalue weighted by molar-refractivity contribution is 0.0528. The first-order valence-corrected chi connectivity index (χ1v) is 5.94. The first kappa shape index (κ1) is 11.3. The minimum Gasteiger partial charge on any atom is -0.381 e. The van der Waals surface area contributed by atoms with Gasteiger partial charge in [0.1, 0.15) is 0 Å². The summed E-state index contributed by atoms with van der Waals surface area (Å²) in [5.41, 5.74) is 6.23. The summed E-state index contributed by atoms with van der Waals surface area (Å²) in [6, 6.07) is 0. The Balaban J connectivity index is 1.63. The third-order valence-electron chi connectivity index (χ3n) is 3.42. The highest BCUT2D eigenvalue weighted by molar-refractivity contribution is 4.88. The summed E-state index contributed by atoms with van der Waals surface area (Å²) >= 11 is 0. The van der Waals surface area contributed by atoms with Crippen LogP contribution in [0.4, 0.5) is 0 Å². The molecule has 0 spiro atoms. The lowest BCUT2D eigenvalue weighted by atomic mass is 9.91. The molecule has 4 heteroatoms. The number of hydrogen-bond acceptors (Lipinski definition) is 4.